The Bertz CT molecular complexity index is 644. The van der Waals surface area contributed by atoms with Crippen LogP contribution in [0.15, 0.2) is 54.9 Å². The van der Waals surface area contributed by atoms with Crippen LogP contribution in [0, 0.1) is 0 Å². The van der Waals surface area contributed by atoms with E-state index in [2.05, 4.69) is 15.6 Å². The average Bonchev–Trinajstić information content (AvgIpc) is 2.59. The molecule has 2 amide bonds. The van der Waals surface area contributed by atoms with E-state index in [1.807, 2.05) is 30.3 Å². The molecular weight excluding hydrogens is 292 g/mol. The summed E-state index contributed by atoms with van der Waals surface area (Å²) in [6.45, 7) is 1.88. The molecule has 0 bridgehead atoms. The number of carbonyl (C=O) groups excluding carboxylic acids is 2. The lowest BCUT2D eigenvalue weighted by Crippen LogP contribution is -2.44. The number of carbonyl (C=O) groups is 2. The van der Waals surface area contributed by atoms with Gasteiger partial charge in [-0.15, -0.1) is 0 Å². The highest BCUT2D eigenvalue weighted by Gasteiger charge is 2.18. The number of nitrogens with one attached hydrogen (secondary N) is 2. The summed E-state index contributed by atoms with van der Waals surface area (Å²) < 4.78 is 0. The third kappa shape index (κ3) is 4.89. The van der Waals surface area contributed by atoms with Gasteiger partial charge in [0.25, 0.3) is 5.91 Å². The summed E-state index contributed by atoms with van der Waals surface area (Å²) in [6.07, 6.45) is 3.10. The molecule has 0 aliphatic carbocycles. The molecule has 2 rings (SSSR count). The van der Waals surface area contributed by atoms with E-state index in [0.717, 1.165) is 5.56 Å². The Morgan fingerprint density at radius 1 is 1.17 bits per heavy atom. The van der Waals surface area contributed by atoms with Crippen LogP contribution in [0.5, 0.6) is 0 Å². The van der Waals surface area contributed by atoms with Crippen LogP contribution in [0.4, 0.5) is 0 Å². The van der Waals surface area contributed by atoms with Gasteiger partial charge in [-0.3, -0.25) is 14.6 Å². The van der Waals surface area contributed by atoms with E-state index in [-0.39, 0.29) is 24.4 Å². The number of amides is 2. The molecule has 0 aliphatic rings. The van der Waals surface area contributed by atoms with E-state index >= 15 is 0 Å². The van der Waals surface area contributed by atoms with Crippen LogP contribution in [-0.2, 0) is 4.79 Å². The van der Waals surface area contributed by atoms with Crippen molar-refractivity contribution < 1.29 is 9.59 Å². The molecule has 0 saturated carbocycles. The summed E-state index contributed by atoms with van der Waals surface area (Å²) in [5.74, 6) is -0.511. The molecule has 0 unspecified atom stereocenters. The molecule has 0 spiro atoms. The zero-order valence-electron chi connectivity index (χ0n) is 12.9. The second-order valence-corrected chi connectivity index (χ2v) is 5.21. The fraction of sp³-hybridized carbons (Fsp3) is 0.235. The van der Waals surface area contributed by atoms with Crippen molar-refractivity contribution in [1.29, 1.82) is 0 Å². The van der Waals surface area contributed by atoms with E-state index in [9.17, 15) is 9.59 Å². The second-order valence-electron chi connectivity index (χ2n) is 5.21. The highest BCUT2D eigenvalue weighted by molar-refractivity contribution is 5.93. The van der Waals surface area contributed by atoms with Crippen molar-refractivity contribution in [1.82, 2.24) is 15.6 Å². The van der Waals surface area contributed by atoms with Gasteiger partial charge in [0, 0.05) is 18.9 Å². The highest BCUT2D eigenvalue weighted by Crippen LogP contribution is 2.12. The van der Waals surface area contributed by atoms with Gasteiger partial charge in [-0.1, -0.05) is 30.3 Å². The summed E-state index contributed by atoms with van der Waals surface area (Å²) in [5, 5.41) is 5.65. The lowest BCUT2D eigenvalue weighted by atomic mass is 10.1. The van der Waals surface area contributed by atoms with Crippen LogP contribution in [0.1, 0.15) is 28.9 Å². The maximum Gasteiger partial charge on any atom is 0.252 e. The molecule has 1 aromatic carbocycles. The molecule has 1 aromatic heterocycles. The Morgan fingerprint density at radius 2 is 1.91 bits per heavy atom. The van der Waals surface area contributed by atoms with Crippen LogP contribution in [-0.4, -0.2) is 29.4 Å². The lowest BCUT2D eigenvalue weighted by molar-refractivity contribution is -0.122. The molecule has 0 fully saturated rings. The fourth-order valence-electron chi connectivity index (χ4n) is 2.03. The Morgan fingerprint density at radius 3 is 2.52 bits per heavy atom. The van der Waals surface area contributed by atoms with Crippen LogP contribution in [0.25, 0.3) is 0 Å². The average molecular weight is 312 g/mol. The molecule has 2 atom stereocenters. The molecule has 1 heterocycles. The molecule has 0 saturated heterocycles. The second kappa shape index (κ2) is 8.05. The molecule has 4 N–H and O–H groups in total. The number of hydrogen-bond donors (Lipinski definition) is 3. The van der Waals surface area contributed by atoms with Crippen LogP contribution in [0.2, 0.25) is 0 Å². The SMILES string of the molecule is C[C@H](N)C(=O)N[C@H](CNC(=O)c1cccnc1)c1ccccc1. The number of nitrogens with zero attached hydrogens (tertiary/aromatic N) is 1. The standard InChI is InChI=1S/C17H20N4O2/c1-12(18)16(22)21-15(13-6-3-2-4-7-13)11-20-17(23)14-8-5-9-19-10-14/h2-10,12,15H,11,18H2,1H3,(H,20,23)(H,21,22)/t12-,15+/m0/s1. The number of rotatable bonds is 6. The van der Waals surface area contributed by atoms with Gasteiger partial charge in [0.05, 0.1) is 17.6 Å². The highest BCUT2D eigenvalue weighted by atomic mass is 16.2. The Kier molecular flexibility index (Phi) is 5.82. The van der Waals surface area contributed by atoms with Crippen molar-refractivity contribution in [2.75, 3.05) is 6.54 Å². The topological polar surface area (TPSA) is 97.1 Å². The minimum absolute atomic E-state index is 0.242. The maximum atomic E-state index is 12.1. The van der Waals surface area contributed by atoms with Crippen LogP contribution in [0.3, 0.4) is 0 Å². The Balaban J connectivity index is 2.06. The van der Waals surface area contributed by atoms with Gasteiger partial charge in [-0.2, -0.15) is 0 Å². The first kappa shape index (κ1) is 16.6. The van der Waals surface area contributed by atoms with Gasteiger partial charge < -0.3 is 16.4 Å². The van der Waals surface area contributed by atoms with Crippen molar-refractivity contribution in [3.05, 3.63) is 66.0 Å². The number of nitrogens with two attached hydrogens (primary N) is 1. The lowest BCUT2D eigenvalue weighted by Gasteiger charge is -2.21. The van der Waals surface area contributed by atoms with Gasteiger partial charge in [-0.05, 0) is 24.6 Å². The first-order valence-electron chi connectivity index (χ1n) is 7.37. The largest absolute Gasteiger partial charge is 0.350 e. The molecule has 0 radical (unpaired) electrons. The fourth-order valence-corrected chi connectivity index (χ4v) is 2.03. The quantitative estimate of drug-likeness (QED) is 0.742. The van der Waals surface area contributed by atoms with E-state index in [1.54, 1.807) is 25.3 Å². The number of benzene rings is 1. The maximum absolute atomic E-state index is 12.1. The van der Waals surface area contributed by atoms with Gasteiger partial charge in [0.15, 0.2) is 0 Å². The van der Waals surface area contributed by atoms with Gasteiger partial charge in [0.1, 0.15) is 0 Å². The monoisotopic (exact) mass is 312 g/mol. The summed E-state index contributed by atoms with van der Waals surface area (Å²) in [4.78, 5) is 27.9. The van der Waals surface area contributed by atoms with Gasteiger partial charge in [0.2, 0.25) is 5.91 Å². The van der Waals surface area contributed by atoms with Crippen molar-refractivity contribution in [2.24, 2.45) is 5.73 Å². The van der Waals surface area contributed by atoms with Crippen molar-refractivity contribution in [2.45, 2.75) is 19.0 Å². The smallest absolute Gasteiger partial charge is 0.252 e. The third-order valence-corrected chi connectivity index (χ3v) is 3.32. The summed E-state index contributed by atoms with van der Waals surface area (Å²) >= 11 is 0. The molecule has 120 valence electrons. The molecule has 6 nitrogen and oxygen atoms in total. The summed E-state index contributed by atoms with van der Waals surface area (Å²) in [5.41, 5.74) is 6.97. The van der Waals surface area contributed by atoms with E-state index in [1.165, 1.54) is 6.20 Å². The molecule has 2 aromatic rings. The predicted octanol–water partition coefficient (Wildman–Crippen LogP) is 1.02. The van der Waals surface area contributed by atoms with E-state index in [0.29, 0.717) is 5.56 Å². The normalized spacial score (nSPS) is 13.0. The van der Waals surface area contributed by atoms with Crippen LogP contribution < -0.4 is 16.4 Å². The van der Waals surface area contributed by atoms with Crippen LogP contribution >= 0.6 is 0 Å². The van der Waals surface area contributed by atoms with Crippen molar-refractivity contribution >= 4 is 11.8 Å². The number of hydrogen-bond acceptors (Lipinski definition) is 4. The Labute approximate surface area is 135 Å². The minimum Gasteiger partial charge on any atom is -0.350 e. The first-order valence-corrected chi connectivity index (χ1v) is 7.37. The van der Waals surface area contributed by atoms with E-state index in [4.69, 9.17) is 5.73 Å². The van der Waals surface area contributed by atoms with Crippen molar-refractivity contribution in [3.8, 4) is 0 Å². The summed E-state index contributed by atoms with van der Waals surface area (Å²) in [6, 6.07) is 11.8. The molecule has 6 heteroatoms. The molecule has 23 heavy (non-hydrogen) atoms. The zero-order chi connectivity index (χ0) is 16.7. The molecule has 0 aliphatic heterocycles. The van der Waals surface area contributed by atoms with Crippen molar-refractivity contribution in [3.63, 3.8) is 0 Å². The Hall–Kier alpha value is -2.73. The van der Waals surface area contributed by atoms with Gasteiger partial charge in [-0.25, -0.2) is 0 Å². The summed E-state index contributed by atoms with van der Waals surface area (Å²) in [7, 11) is 0. The number of aromatic nitrogens is 1. The first-order chi connectivity index (χ1) is 11.1. The minimum atomic E-state index is -0.616. The number of pyridine rings is 1. The molecular formula is C17H20N4O2. The zero-order valence-corrected chi connectivity index (χ0v) is 12.9. The van der Waals surface area contributed by atoms with Gasteiger partial charge >= 0.3 is 0 Å². The predicted molar refractivity (Wildman–Crippen MR) is 87.5 cm³/mol. The van der Waals surface area contributed by atoms with E-state index < -0.39 is 6.04 Å². The third-order valence-electron chi connectivity index (χ3n) is 3.32.